The van der Waals surface area contributed by atoms with Gasteiger partial charge in [-0.25, -0.2) is 4.79 Å². The monoisotopic (exact) mass is 296 g/mol. The van der Waals surface area contributed by atoms with Crippen molar-refractivity contribution in [3.05, 3.63) is 53.7 Å². The van der Waals surface area contributed by atoms with Crippen molar-refractivity contribution < 1.29 is 9.59 Å². The molecule has 2 fully saturated rings. The molecule has 22 heavy (non-hydrogen) atoms. The summed E-state index contributed by atoms with van der Waals surface area (Å²) in [4.78, 5) is 25.9. The molecule has 1 saturated carbocycles. The molecule has 3 amide bonds. The Bertz CT molecular complexity index is 613. The minimum Gasteiger partial charge on any atom is -0.303 e. The molecule has 4 heteroatoms. The summed E-state index contributed by atoms with van der Waals surface area (Å²) >= 11 is 0. The van der Waals surface area contributed by atoms with Crippen molar-refractivity contribution in [2.45, 2.75) is 38.1 Å². The van der Waals surface area contributed by atoms with Crippen LogP contribution in [0.15, 0.2) is 48.2 Å². The van der Waals surface area contributed by atoms with Crippen LogP contribution in [-0.2, 0) is 4.79 Å². The van der Waals surface area contributed by atoms with Crippen LogP contribution in [0.2, 0.25) is 0 Å². The van der Waals surface area contributed by atoms with Gasteiger partial charge in [-0.05, 0) is 24.5 Å². The van der Waals surface area contributed by atoms with Gasteiger partial charge in [-0.1, -0.05) is 61.7 Å². The van der Waals surface area contributed by atoms with Gasteiger partial charge in [0.1, 0.15) is 5.70 Å². The van der Waals surface area contributed by atoms with Gasteiger partial charge in [0.2, 0.25) is 0 Å². The van der Waals surface area contributed by atoms with E-state index in [9.17, 15) is 9.59 Å². The molecular formula is C18H20N2O2. The van der Waals surface area contributed by atoms with Gasteiger partial charge in [0, 0.05) is 6.04 Å². The van der Waals surface area contributed by atoms with Crippen LogP contribution in [0.4, 0.5) is 4.79 Å². The second kappa shape index (κ2) is 6.60. The second-order valence-electron chi connectivity index (χ2n) is 5.75. The van der Waals surface area contributed by atoms with E-state index < -0.39 is 0 Å². The molecule has 2 aliphatic rings. The minimum absolute atomic E-state index is 0.0604. The van der Waals surface area contributed by atoms with E-state index in [4.69, 9.17) is 0 Å². The summed E-state index contributed by atoms with van der Waals surface area (Å²) in [5, 5.41) is 2.68. The Hall–Kier alpha value is -2.36. The standard InChI is InChI=1S/C18H20N2O2/c21-17-16(13-7-10-14-8-3-1-4-9-14)19-18(22)20(17)15-11-5-2-6-12-15/h1,3-4,7-10,13,15H,2,5-6,11-12H2,(H,19,22)/b10-7+,16-13-. The molecule has 0 unspecified atom stereocenters. The molecule has 114 valence electrons. The highest BCUT2D eigenvalue weighted by atomic mass is 16.2. The zero-order valence-electron chi connectivity index (χ0n) is 12.5. The van der Waals surface area contributed by atoms with Crippen molar-refractivity contribution in [1.29, 1.82) is 0 Å². The van der Waals surface area contributed by atoms with Gasteiger partial charge in [0.15, 0.2) is 0 Å². The summed E-state index contributed by atoms with van der Waals surface area (Å²) in [6.07, 6.45) is 10.6. The molecule has 1 aliphatic heterocycles. The van der Waals surface area contributed by atoms with E-state index in [-0.39, 0.29) is 18.0 Å². The third-order valence-corrected chi connectivity index (χ3v) is 4.20. The van der Waals surface area contributed by atoms with Crippen LogP contribution in [0.25, 0.3) is 6.08 Å². The zero-order valence-corrected chi connectivity index (χ0v) is 12.5. The Balaban J connectivity index is 1.70. The average Bonchev–Trinajstić information content (AvgIpc) is 2.83. The molecule has 0 atom stereocenters. The summed E-state index contributed by atoms with van der Waals surface area (Å²) in [5.41, 5.74) is 1.42. The summed E-state index contributed by atoms with van der Waals surface area (Å²) < 4.78 is 0. The van der Waals surface area contributed by atoms with Crippen molar-refractivity contribution in [2.75, 3.05) is 0 Å². The normalized spacial score (nSPS) is 21.8. The highest BCUT2D eigenvalue weighted by molar-refractivity contribution is 6.12. The predicted octanol–water partition coefficient (Wildman–Crippen LogP) is 3.47. The van der Waals surface area contributed by atoms with Crippen LogP contribution in [-0.4, -0.2) is 22.9 Å². The van der Waals surface area contributed by atoms with Crippen molar-refractivity contribution in [1.82, 2.24) is 10.2 Å². The smallest absolute Gasteiger partial charge is 0.303 e. The fourth-order valence-electron chi connectivity index (χ4n) is 3.05. The number of hydrogen-bond acceptors (Lipinski definition) is 2. The molecular weight excluding hydrogens is 276 g/mol. The number of urea groups is 1. The maximum atomic E-state index is 12.4. The molecule has 1 aromatic carbocycles. The van der Waals surface area contributed by atoms with Crippen molar-refractivity contribution in [2.24, 2.45) is 0 Å². The van der Waals surface area contributed by atoms with Crippen molar-refractivity contribution >= 4 is 18.0 Å². The SMILES string of the molecule is O=C1N/C(=C\C=C\c2ccccc2)C(=O)N1C1CCCCC1. The first-order valence-electron chi connectivity index (χ1n) is 7.83. The molecule has 0 radical (unpaired) electrons. The Kier molecular flexibility index (Phi) is 4.37. The van der Waals surface area contributed by atoms with Gasteiger partial charge in [-0.3, -0.25) is 9.69 Å². The van der Waals surface area contributed by atoms with E-state index in [0.717, 1.165) is 31.2 Å². The van der Waals surface area contributed by atoms with E-state index in [1.54, 1.807) is 12.2 Å². The van der Waals surface area contributed by atoms with Crippen LogP contribution in [0, 0.1) is 0 Å². The minimum atomic E-state index is -0.281. The van der Waals surface area contributed by atoms with Gasteiger partial charge in [-0.2, -0.15) is 0 Å². The number of nitrogens with one attached hydrogen (secondary N) is 1. The van der Waals surface area contributed by atoms with Crippen LogP contribution < -0.4 is 5.32 Å². The summed E-state index contributed by atoms with van der Waals surface area (Å²) in [6, 6.07) is 9.62. The number of imide groups is 1. The van der Waals surface area contributed by atoms with Crippen molar-refractivity contribution in [3.63, 3.8) is 0 Å². The van der Waals surface area contributed by atoms with Gasteiger partial charge in [0.25, 0.3) is 5.91 Å². The van der Waals surface area contributed by atoms with E-state index >= 15 is 0 Å². The van der Waals surface area contributed by atoms with Gasteiger partial charge >= 0.3 is 6.03 Å². The number of amides is 3. The number of benzene rings is 1. The van der Waals surface area contributed by atoms with Gasteiger partial charge in [0.05, 0.1) is 0 Å². The van der Waals surface area contributed by atoms with E-state index in [1.807, 2.05) is 36.4 Å². The number of nitrogens with zero attached hydrogens (tertiary/aromatic N) is 1. The lowest BCUT2D eigenvalue weighted by Gasteiger charge is -2.28. The molecule has 0 bridgehead atoms. The molecule has 1 N–H and O–H groups in total. The largest absolute Gasteiger partial charge is 0.329 e. The van der Waals surface area contributed by atoms with Crippen molar-refractivity contribution in [3.8, 4) is 0 Å². The lowest BCUT2D eigenvalue weighted by Crippen LogP contribution is -2.41. The number of allylic oxidation sites excluding steroid dienone is 2. The Morgan fingerprint density at radius 2 is 1.77 bits per heavy atom. The maximum Gasteiger partial charge on any atom is 0.329 e. The Morgan fingerprint density at radius 1 is 1.05 bits per heavy atom. The third-order valence-electron chi connectivity index (χ3n) is 4.20. The molecule has 1 aromatic rings. The highest BCUT2D eigenvalue weighted by Gasteiger charge is 2.38. The first kappa shape index (κ1) is 14.6. The van der Waals surface area contributed by atoms with E-state index in [1.165, 1.54) is 11.3 Å². The lowest BCUT2D eigenvalue weighted by molar-refractivity contribution is -0.124. The molecule has 3 rings (SSSR count). The summed E-state index contributed by atoms with van der Waals surface area (Å²) in [5.74, 6) is -0.199. The maximum absolute atomic E-state index is 12.4. The Labute approximate surface area is 130 Å². The van der Waals surface area contributed by atoms with Crippen LogP contribution in [0.3, 0.4) is 0 Å². The molecule has 1 aliphatic carbocycles. The molecule has 0 aromatic heterocycles. The van der Waals surface area contributed by atoms with Gasteiger partial charge < -0.3 is 5.32 Å². The molecule has 0 spiro atoms. The fraction of sp³-hybridized carbons (Fsp3) is 0.333. The predicted molar refractivity (Wildman–Crippen MR) is 85.8 cm³/mol. The second-order valence-corrected chi connectivity index (χ2v) is 5.75. The van der Waals surface area contributed by atoms with Crippen LogP contribution >= 0.6 is 0 Å². The van der Waals surface area contributed by atoms with E-state index in [2.05, 4.69) is 5.32 Å². The molecule has 1 saturated heterocycles. The number of hydrogen-bond donors (Lipinski definition) is 1. The van der Waals surface area contributed by atoms with Crippen LogP contribution in [0.1, 0.15) is 37.7 Å². The topological polar surface area (TPSA) is 49.4 Å². The average molecular weight is 296 g/mol. The van der Waals surface area contributed by atoms with Gasteiger partial charge in [-0.15, -0.1) is 0 Å². The summed E-state index contributed by atoms with van der Waals surface area (Å²) in [6.45, 7) is 0. The number of carbonyl (C=O) groups excluding carboxylic acids is 2. The summed E-state index contributed by atoms with van der Waals surface area (Å²) in [7, 11) is 0. The third kappa shape index (κ3) is 3.11. The van der Waals surface area contributed by atoms with Crippen LogP contribution in [0.5, 0.6) is 0 Å². The van der Waals surface area contributed by atoms with E-state index in [0.29, 0.717) is 5.70 Å². The lowest BCUT2D eigenvalue weighted by atomic mass is 9.94. The highest BCUT2D eigenvalue weighted by Crippen LogP contribution is 2.26. The first-order chi connectivity index (χ1) is 10.8. The zero-order chi connectivity index (χ0) is 15.4. The quantitative estimate of drug-likeness (QED) is 0.686. The molecule has 4 nitrogen and oxygen atoms in total. The fourth-order valence-corrected chi connectivity index (χ4v) is 3.05. The number of carbonyl (C=O) groups is 2. The first-order valence-corrected chi connectivity index (χ1v) is 7.83. The Morgan fingerprint density at radius 3 is 2.50 bits per heavy atom. The molecule has 1 heterocycles. The number of rotatable bonds is 3.